The van der Waals surface area contributed by atoms with Crippen molar-refractivity contribution in [3.05, 3.63) is 101 Å². The van der Waals surface area contributed by atoms with Crippen LogP contribution >= 0.6 is 11.8 Å². The van der Waals surface area contributed by atoms with Crippen LogP contribution in [0.1, 0.15) is 37.8 Å². The zero-order valence-electron chi connectivity index (χ0n) is 21.6. The Balaban J connectivity index is 1.65. The average Bonchev–Trinajstić information content (AvgIpc) is 3.25. The Kier molecular flexibility index (Phi) is 9.23. The number of ether oxygens (including phenoxy) is 1. The zero-order valence-corrected chi connectivity index (χ0v) is 22.5. The summed E-state index contributed by atoms with van der Waals surface area (Å²) in [6.07, 6.45) is 3.82. The van der Waals surface area contributed by atoms with Crippen molar-refractivity contribution in [1.29, 1.82) is 5.26 Å². The molecule has 7 heteroatoms. The van der Waals surface area contributed by atoms with Crippen LogP contribution in [0.4, 0.5) is 11.4 Å². The highest BCUT2D eigenvalue weighted by atomic mass is 32.2. The third-order valence-corrected chi connectivity index (χ3v) is 7.47. The SMILES string of the molecule is CCCCc1ccc(CC2S/C(=C(/C#N)C(=O)Nc3ccccc3)N(c3ccc(OCC)cc3)C2=O)cc1. The fourth-order valence-corrected chi connectivity index (χ4v) is 5.54. The number of benzene rings is 3. The first kappa shape index (κ1) is 27.0. The molecule has 0 radical (unpaired) electrons. The number of hydrogen-bond donors (Lipinski definition) is 1. The number of nitrogens with one attached hydrogen (secondary N) is 1. The largest absolute Gasteiger partial charge is 0.494 e. The zero-order chi connectivity index (χ0) is 26.9. The fourth-order valence-electron chi connectivity index (χ4n) is 4.23. The Hall–Kier alpha value is -4.02. The van der Waals surface area contributed by atoms with Crippen molar-refractivity contribution in [3.63, 3.8) is 0 Å². The fraction of sp³-hybridized carbons (Fsp3) is 0.258. The lowest BCUT2D eigenvalue weighted by Crippen LogP contribution is -2.30. The van der Waals surface area contributed by atoms with Gasteiger partial charge in [0.05, 0.1) is 11.9 Å². The minimum atomic E-state index is -0.550. The van der Waals surface area contributed by atoms with E-state index in [2.05, 4.69) is 42.6 Å². The molecule has 1 atom stereocenters. The smallest absolute Gasteiger partial charge is 0.269 e. The first-order valence-electron chi connectivity index (χ1n) is 12.9. The van der Waals surface area contributed by atoms with Gasteiger partial charge < -0.3 is 10.1 Å². The van der Waals surface area contributed by atoms with Crippen LogP contribution in [0.3, 0.4) is 0 Å². The minimum absolute atomic E-state index is 0.0986. The van der Waals surface area contributed by atoms with Gasteiger partial charge in [-0.2, -0.15) is 5.26 Å². The van der Waals surface area contributed by atoms with Crippen LogP contribution in [0.2, 0.25) is 0 Å². The van der Waals surface area contributed by atoms with Crippen molar-refractivity contribution in [1.82, 2.24) is 0 Å². The molecule has 1 heterocycles. The summed E-state index contributed by atoms with van der Waals surface area (Å²) in [6.45, 7) is 4.61. The summed E-state index contributed by atoms with van der Waals surface area (Å²) in [6, 6.07) is 26.5. The van der Waals surface area contributed by atoms with Gasteiger partial charge in [0.2, 0.25) is 5.91 Å². The Morgan fingerprint density at radius 3 is 2.32 bits per heavy atom. The van der Waals surface area contributed by atoms with E-state index < -0.39 is 11.2 Å². The standard InChI is InChI=1S/C31H31N3O3S/c1-3-5-9-22-12-14-23(15-13-22)20-28-30(36)34(25-16-18-26(19-17-25)37-4-2)31(38-28)27(21-32)29(35)33-24-10-7-6-8-11-24/h6-8,10-19,28H,3-5,9,20H2,1-2H3,(H,33,35)/b31-27-. The van der Waals surface area contributed by atoms with Crippen molar-refractivity contribution in [2.75, 3.05) is 16.8 Å². The number of nitriles is 1. The number of carbonyl (C=O) groups is 2. The molecule has 1 N–H and O–H groups in total. The quantitative estimate of drug-likeness (QED) is 0.242. The lowest BCUT2D eigenvalue weighted by atomic mass is 10.0. The molecule has 2 amide bonds. The molecule has 1 aliphatic heterocycles. The predicted octanol–water partition coefficient (Wildman–Crippen LogP) is 6.49. The summed E-state index contributed by atoms with van der Waals surface area (Å²) in [5, 5.41) is 12.7. The van der Waals surface area contributed by atoms with Gasteiger partial charge >= 0.3 is 0 Å². The molecule has 4 rings (SSSR count). The number of anilines is 2. The second-order valence-electron chi connectivity index (χ2n) is 8.94. The van der Waals surface area contributed by atoms with E-state index in [1.54, 1.807) is 48.5 Å². The van der Waals surface area contributed by atoms with Gasteiger partial charge in [-0.1, -0.05) is 67.6 Å². The average molecular weight is 526 g/mol. The van der Waals surface area contributed by atoms with Crippen molar-refractivity contribution in [3.8, 4) is 11.8 Å². The van der Waals surface area contributed by atoms with Crippen LogP contribution in [0.25, 0.3) is 0 Å². The maximum Gasteiger partial charge on any atom is 0.269 e. The molecule has 0 bridgehead atoms. The number of para-hydroxylation sites is 1. The van der Waals surface area contributed by atoms with Crippen molar-refractivity contribution >= 4 is 35.0 Å². The third kappa shape index (κ3) is 6.45. The van der Waals surface area contributed by atoms with Gasteiger partial charge in [0, 0.05) is 11.4 Å². The Morgan fingerprint density at radius 1 is 1.00 bits per heavy atom. The van der Waals surface area contributed by atoms with Crippen molar-refractivity contribution < 1.29 is 14.3 Å². The van der Waals surface area contributed by atoms with Crippen LogP contribution in [-0.2, 0) is 22.4 Å². The van der Waals surface area contributed by atoms with Crippen LogP contribution in [0.15, 0.2) is 89.5 Å². The Morgan fingerprint density at radius 2 is 1.68 bits per heavy atom. The van der Waals surface area contributed by atoms with E-state index in [1.807, 2.05) is 13.0 Å². The van der Waals surface area contributed by atoms with Crippen LogP contribution in [0.5, 0.6) is 5.75 Å². The van der Waals surface area contributed by atoms with Gasteiger partial charge in [0.15, 0.2) is 0 Å². The molecule has 1 unspecified atom stereocenters. The molecule has 1 saturated heterocycles. The number of rotatable bonds is 10. The summed E-state index contributed by atoms with van der Waals surface area (Å²) in [4.78, 5) is 28.4. The predicted molar refractivity (Wildman–Crippen MR) is 153 cm³/mol. The molecule has 1 aliphatic rings. The third-order valence-electron chi connectivity index (χ3n) is 6.21. The maximum absolute atomic E-state index is 13.7. The highest BCUT2D eigenvalue weighted by Gasteiger charge is 2.40. The molecule has 6 nitrogen and oxygen atoms in total. The van der Waals surface area contributed by atoms with E-state index in [-0.39, 0.29) is 11.5 Å². The Bertz CT molecular complexity index is 1330. The summed E-state index contributed by atoms with van der Waals surface area (Å²) in [5.74, 6) is -0.0292. The number of carbonyl (C=O) groups excluding carboxylic acids is 2. The van der Waals surface area contributed by atoms with E-state index in [9.17, 15) is 14.9 Å². The van der Waals surface area contributed by atoms with Gasteiger partial charge in [-0.25, -0.2) is 0 Å². The summed E-state index contributed by atoms with van der Waals surface area (Å²) in [5.41, 5.74) is 3.38. The van der Waals surface area contributed by atoms with E-state index in [0.717, 1.165) is 24.8 Å². The minimum Gasteiger partial charge on any atom is -0.494 e. The van der Waals surface area contributed by atoms with E-state index in [4.69, 9.17) is 4.74 Å². The summed E-state index contributed by atoms with van der Waals surface area (Å²) in [7, 11) is 0. The van der Waals surface area contributed by atoms with Gasteiger partial charge in [-0.05, 0) is 73.7 Å². The molecule has 1 fully saturated rings. The molecule has 3 aromatic carbocycles. The molecule has 194 valence electrons. The van der Waals surface area contributed by atoms with Crippen LogP contribution in [0, 0.1) is 11.3 Å². The van der Waals surface area contributed by atoms with Crippen molar-refractivity contribution in [2.24, 2.45) is 0 Å². The van der Waals surface area contributed by atoms with Crippen LogP contribution < -0.4 is 15.0 Å². The van der Waals surface area contributed by atoms with Gasteiger partial charge in [0.25, 0.3) is 5.91 Å². The normalized spacial score (nSPS) is 16.2. The molecular weight excluding hydrogens is 494 g/mol. The number of unbranched alkanes of at least 4 members (excludes halogenated alkanes) is 1. The van der Waals surface area contributed by atoms with Gasteiger partial charge in [0.1, 0.15) is 22.4 Å². The van der Waals surface area contributed by atoms with Gasteiger partial charge in [-0.15, -0.1) is 0 Å². The van der Waals surface area contributed by atoms with Gasteiger partial charge in [-0.3, -0.25) is 14.5 Å². The molecule has 0 aliphatic carbocycles. The van der Waals surface area contributed by atoms with E-state index >= 15 is 0 Å². The summed E-state index contributed by atoms with van der Waals surface area (Å²) < 4.78 is 5.55. The second kappa shape index (κ2) is 13.0. The first-order valence-corrected chi connectivity index (χ1v) is 13.7. The lowest BCUT2D eigenvalue weighted by molar-refractivity contribution is -0.117. The Labute approximate surface area is 228 Å². The number of thioether (sulfide) groups is 1. The maximum atomic E-state index is 13.7. The van der Waals surface area contributed by atoms with Crippen molar-refractivity contribution in [2.45, 2.75) is 44.8 Å². The molecule has 0 aromatic heterocycles. The van der Waals surface area contributed by atoms with Crippen LogP contribution in [-0.4, -0.2) is 23.7 Å². The molecule has 38 heavy (non-hydrogen) atoms. The van der Waals surface area contributed by atoms with E-state index in [1.165, 1.54) is 22.2 Å². The highest BCUT2D eigenvalue weighted by Crippen LogP contribution is 2.42. The monoisotopic (exact) mass is 525 g/mol. The highest BCUT2D eigenvalue weighted by molar-refractivity contribution is 8.05. The van der Waals surface area contributed by atoms with E-state index in [0.29, 0.717) is 35.2 Å². The summed E-state index contributed by atoms with van der Waals surface area (Å²) >= 11 is 1.26. The molecular formula is C31H31N3O3S. The number of nitrogens with zero attached hydrogens (tertiary/aromatic N) is 2. The molecule has 3 aromatic rings. The lowest BCUT2D eigenvalue weighted by Gasteiger charge is -2.19. The number of hydrogen-bond acceptors (Lipinski definition) is 5. The second-order valence-corrected chi connectivity index (χ2v) is 10.1. The molecule has 0 spiro atoms. The number of aryl methyl sites for hydroxylation is 1. The molecule has 0 saturated carbocycles. The first-order chi connectivity index (χ1) is 18.5. The topological polar surface area (TPSA) is 82.4 Å². The number of amides is 2.